The molecule has 1 nitrogen and oxygen atoms in total. The van der Waals surface area contributed by atoms with Gasteiger partial charge in [-0.3, -0.25) is 0 Å². The zero-order chi connectivity index (χ0) is 13.5. The van der Waals surface area contributed by atoms with Gasteiger partial charge < -0.3 is 4.90 Å². The molecule has 1 saturated carbocycles. The van der Waals surface area contributed by atoms with Crippen molar-refractivity contribution in [2.24, 2.45) is 5.92 Å². The maximum Gasteiger partial charge on any atom is 0.00552 e. The van der Waals surface area contributed by atoms with Crippen LogP contribution in [0.2, 0.25) is 0 Å². The highest BCUT2D eigenvalue weighted by molar-refractivity contribution is 7.80. The van der Waals surface area contributed by atoms with Gasteiger partial charge in [0.2, 0.25) is 0 Å². The maximum absolute atomic E-state index is 4.54. The fourth-order valence-electron chi connectivity index (χ4n) is 3.26. The van der Waals surface area contributed by atoms with E-state index in [1.807, 2.05) is 0 Å². The average Bonchev–Trinajstić information content (AvgIpc) is 2.47. The molecule has 1 aliphatic rings. The average molecular weight is 277 g/mol. The van der Waals surface area contributed by atoms with Crippen molar-refractivity contribution in [1.29, 1.82) is 0 Å². The van der Waals surface area contributed by atoms with E-state index in [0.717, 1.165) is 18.2 Å². The van der Waals surface area contributed by atoms with Crippen LogP contribution in [-0.4, -0.2) is 30.8 Å². The van der Waals surface area contributed by atoms with Gasteiger partial charge in [0.1, 0.15) is 0 Å². The van der Waals surface area contributed by atoms with E-state index in [1.54, 1.807) is 0 Å². The Balaban J connectivity index is 1.84. The Kier molecular flexibility index (Phi) is 6.25. The normalized spacial score (nSPS) is 18.7. The summed E-state index contributed by atoms with van der Waals surface area (Å²) in [6.07, 6.45) is 7.19. The Bertz CT molecular complexity index is 346. The first-order valence-electron chi connectivity index (χ1n) is 7.64. The first-order chi connectivity index (χ1) is 9.29. The van der Waals surface area contributed by atoms with Crippen molar-refractivity contribution < 1.29 is 0 Å². The van der Waals surface area contributed by atoms with Crippen molar-refractivity contribution in [3.8, 4) is 0 Å². The van der Waals surface area contributed by atoms with Crippen molar-refractivity contribution in [3.63, 3.8) is 0 Å². The topological polar surface area (TPSA) is 3.24 Å². The highest BCUT2D eigenvalue weighted by atomic mass is 32.1. The van der Waals surface area contributed by atoms with Gasteiger partial charge in [0, 0.05) is 19.0 Å². The van der Waals surface area contributed by atoms with Crippen molar-refractivity contribution >= 4 is 12.6 Å². The third-order valence-electron chi connectivity index (χ3n) is 4.32. The molecular formula is C17H27NS. The molecule has 0 radical (unpaired) electrons. The number of thiol groups is 1. The van der Waals surface area contributed by atoms with E-state index in [1.165, 1.54) is 44.2 Å². The van der Waals surface area contributed by atoms with Gasteiger partial charge in [-0.05, 0) is 37.1 Å². The molecule has 0 saturated heterocycles. The van der Waals surface area contributed by atoms with E-state index in [9.17, 15) is 0 Å². The standard InChI is InChI=1S/C17H27NS/c1-18(12-15-8-4-2-5-9-15)13-17(14-19)16-10-6-3-7-11-16/h3,6-7,10-11,15,17,19H,2,4-5,8-9,12-14H2,1H3. The number of rotatable bonds is 6. The van der Waals surface area contributed by atoms with Crippen LogP contribution in [0.1, 0.15) is 43.6 Å². The molecule has 0 N–H and O–H groups in total. The van der Waals surface area contributed by atoms with E-state index in [4.69, 9.17) is 0 Å². The summed E-state index contributed by atoms with van der Waals surface area (Å²) in [4.78, 5) is 2.52. The predicted octanol–water partition coefficient (Wildman–Crippen LogP) is 4.21. The Morgan fingerprint density at radius 1 is 1.16 bits per heavy atom. The molecule has 1 atom stereocenters. The van der Waals surface area contributed by atoms with Gasteiger partial charge in [-0.1, -0.05) is 49.6 Å². The molecule has 2 heteroatoms. The largest absolute Gasteiger partial charge is 0.305 e. The molecule has 106 valence electrons. The number of benzene rings is 1. The lowest BCUT2D eigenvalue weighted by Gasteiger charge is -2.29. The number of hydrogen-bond acceptors (Lipinski definition) is 2. The molecule has 1 aromatic carbocycles. The molecular weight excluding hydrogens is 250 g/mol. The minimum absolute atomic E-state index is 0.554. The second-order valence-corrected chi connectivity index (χ2v) is 6.38. The van der Waals surface area contributed by atoms with Crippen molar-refractivity contribution in [2.45, 2.75) is 38.0 Å². The molecule has 0 aliphatic heterocycles. The molecule has 1 fully saturated rings. The van der Waals surface area contributed by atoms with E-state index >= 15 is 0 Å². The second kappa shape index (κ2) is 7.96. The SMILES string of the molecule is CN(CC1CCCCC1)CC(CS)c1ccccc1. The maximum atomic E-state index is 4.54. The Labute approximate surface area is 123 Å². The lowest BCUT2D eigenvalue weighted by atomic mass is 9.88. The highest BCUT2D eigenvalue weighted by Crippen LogP contribution is 2.25. The summed E-state index contributed by atoms with van der Waals surface area (Å²) in [6.45, 7) is 2.39. The molecule has 1 aromatic rings. The molecule has 19 heavy (non-hydrogen) atoms. The summed E-state index contributed by atoms with van der Waals surface area (Å²) in [7, 11) is 2.27. The van der Waals surface area contributed by atoms with Gasteiger partial charge in [0.05, 0.1) is 0 Å². The fraction of sp³-hybridized carbons (Fsp3) is 0.647. The zero-order valence-electron chi connectivity index (χ0n) is 12.1. The van der Waals surface area contributed by atoms with Crippen LogP contribution in [0.5, 0.6) is 0 Å². The first kappa shape index (κ1) is 14.9. The summed E-state index contributed by atoms with van der Waals surface area (Å²) < 4.78 is 0. The number of nitrogens with zero attached hydrogens (tertiary/aromatic N) is 1. The summed E-state index contributed by atoms with van der Waals surface area (Å²) >= 11 is 4.54. The third kappa shape index (κ3) is 4.85. The van der Waals surface area contributed by atoms with Gasteiger partial charge in [-0.2, -0.15) is 12.6 Å². The predicted molar refractivity (Wildman–Crippen MR) is 87.1 cm³/mol. The van der Waals surface area contributed by atoms with E-state index in [0.29, 0.717) is 5.92 Å². The van der Waals surface area contributed by atoms with Crippen molar-refractivity contribution in [1.82, 2.24) is 4.90 Å². The van der Waals surface area contributed by atoms with Crippen molar-refractivity contribution in [2.75, 3.05) is 25.9 Å². The molecule has 0 heterocycles. The van der Waals surface area contributed by atoms with Gasteiger partial charge in [-0.25, -0.2) is 0 Å². The van der Waals surface area contributed by atoms with Crippen LogP contribution < -0.4 is 0 Å². The summed E-state index contributed by atoms with van der Waals surface area (Å²) in [6, 6.07) is 10.8. The lowest BCUT2D eigenvalue weighted by Crippen LogP contribution is -2.31. The molecule has 2 rings (SSSR count). The highest BCUT2D eigenvalue weighted by Gasteiger charge is 2.18. The first-order valence-corrected chi connectivity index (χ1v) is 8.27. The van der Waals surface area contributed by atoms with Crippen LogP contribution in [0.3, 0.4) is 0 Å². The molecule has 1 unspecified atom stereocenters. The Hall–Kier alpha value is -0.470. The number of hydrogen-bond donors (Lipinski definition) is 1. The smallest absolute Gasteiger partial charge is 0.00552 e. The van der Waals surface area contributed by atoms with Crippen LogP contribution in [-0.2, 0) is 0 Å². The minimum Gasteiger partial charge on any atom is -0.305 e. The van der Waals surface area contributed by atoms with Crippen LogP contribution in [0, 0.1) is 5.92 Å². The van der Waals surface area contributed by atoms with E-state index in [-0.39, 0.29) is 0 Å². The van der Waals surface area contributed by atoms with Crippen LogP contribution >= 0.6 is 12.6 Å². The Morgan fingerprint density at radius 3 is 2.47 bits per heavy atom. The minimum atomic E-state index is 0.554. The third-order valence-corrected chi connectivity index (χ3v) is 4.76. The molecule has 0 spiro atoms. The van der Waals surface area contributed by atoms with Crippen molar-refractivity contribution in [3.05, 3.63) is 35.9 Å². The van der Waals surface area contributed by atoms with Gasteiger partial charge in [-0.15, -0.1) is 0 Å². The summed E-state index contributed by atoms with van der Waals surface area (Å²) in [5.74, 6) is 2.41. The number of likely N-dealkylation sites (N-methyl/N-ethyl adjacent to an activating group) is 1. The van der Waals surface area contributed by atoms with Crippen LogP contribution in [0.15, 0.2) is 30.3 Å². The van der Waals surface area contributed by atoms with E-state index < -0.39 is 0 Å². The monoisotopic (exact) mass is 277 g/mol. The van der Waals surface area contributed by atoms with Gasteiger partial charge >= 0.3 is 0 Å². The summed E-state index contributed by atoms with van der Waals surface area (Å²) in [5, 5.41) is 0. The fourth-order valence-corrected chi connectivity index (χ4v) is 3.58. The Morgan fingerprint density at radius 2 is 1.84 bits per heavy atom. The van der Waals surface area contributed by atoms with E-state index in [2.05, 4.69) is 54.9 Å². The zero-order valence-corrected chi connectivity index (χ0v) is 13.0. The molecule has 0 aromatic heterocycles. The quantitative estimate of drug-likeness (QED) is 0.762. The van der Waals surface area contributed by atoms with Crippen LogP contribution in [0.25, 0.3) is 0 Å². The van der Waals surface area contributed by atoms with Gasteiger partial charge in [0.15, 0.2) is 0 Å². The summed E-state index contributed by atoms with van der Waals surface area (Å²) in [5.41, 5.74) is 1.42. The van der Waals surface area contributed by atoms with Crippen LogP contribution in [0.4, 0.5) is 0 Å². The molecule has 0 amide bonds. The molecule has 0 bridgehead atoms. The second-order valence-electron chi connectivity index (χ2n) is 6.02. The van der Waals surface area contributed by atoms with Gasteiger partial charge in [0.25, 0.3) is 0 Å². The molecule has 1 aliphatic carbocycles. The lowest BCUT2D eigenvalue weighted by molar-refractivity contribution is 0.227.